The SMILES string of the molecule is C#Cc1cccc(Nc2ncnc3cc(OCCOC)c(O)cc23)c1.Cl. The standard InChI is InChI=1S/C19H17N3O3.ClH/c1-3-13-5-4-6-14(9-13)22-19-15-10-17(23)18(25-8-7-24-2)11-16(15)20-12-21-19;/h1,4-6,9-12,23H,7-8H2,2H3,(H,20,21,22);1H. The highest BCUT2D eigenvalue weighted by atomic mass is 35.5. The lowest BCUT2D eigenvalue weighted by Crippen LogP contribution is -2.04. The average molecular weight is 372 g/mol. The van der Waals surface area contributed by atoms with E-state index in [1.54, 1.807) is 19.2 Å². The number of halogens is 1. The quantitative estimate of drug-likeness (QED) is 0.510. The van der Waals surface area contributed by atoms with Gasteiger partial charge in [0.25, 0.3) is 0 Å². The predicted molar refractivity (Wildman–Crippen MR) is 103 cm³/mol. The second-order valence-electron chi connectivity index (χ2n) is 5.25. The Morgan fingerprint density at radius 2 is 2.04 bits per heavy atom. The number of aromatic hydroxyl groups is 1. The number of anilines is 2. The highest BCUT2D eigenvalue weighted by molar-refractivity contribution is 5.93. The van der Waals surface area contributed by atoms with Crippen molar-refractivity contribution in [1.82, 2.24) is 9.97 Å². The summed E-state index contributed by atoms with van der Waals surface area (Å²) in [6, 6.07) is 10.7. The van der Waals surface area contributed by atoms with Crippen LogP contribution in [-0.2, 0) is 4.74 Å². The van der Waals surface area contributed by atoms with Gasteiger partial charge in [0.1, 0.15) is 18.8 Å². The first-order chi connectivity index (χ1) is 12.2. The summed E-state index contributed by atoms with van der Waals surface area (Å²) in [5.41, 5.74) is 2.21. The monoisotopic (exact) mass is 371 g/mol. The number of terminal acetylenes is 1. The van der Waals surface area contributed by atoms with Crippen molar-refractivity contribution in [3.05, 3.63) is 48.3 Å². The molecule has 0 aliphatic heterocycles. The van der Waals surface area contributed by atoms with E-state index in [9.17, 15) is 5.11 Å². The second kappa shape index (κ2) is 8.90. The Hall–Kier alpha value is -3.01. The van der Waals surface area contributed by atoms with Crippen molar-refractivity contribution >= 4 is 34.8 Å². The van der Waals surface area contributed by atoms with E-state index in [0.717, 1.165) is 11.3 Å². The summed E-state index contributed by atoms with van der Waals surface area (Å²) in [6.07, 6.45) is 6.88. The van der Waals surface area contributed by atoms with Gasteiger partial charge in [0.15, 0.2) is 11.5 Å². The summed E-state index contributed by atoms with van der Waals surface area (Å²) in [5, 5.41) is 14.1. The minimum absolute atomic E-state index is 0. The van der Waals surface area contributed by atoms with Crippen LogP contribution in [0.2, 0.25) is 0 Å². The molecule has 0 saturated carbocycles. The summed E-state index contributed by atoms with van der Waals surface area (Å²) in [7, 11) is 1.59. The van der Waals surface area contributed by atoms with Crippen molar-refractivity contribution in [2.75, 3.05) is 25.6 Å². The van der Waals surface area contributed by atoms with Gasteiger partial charge in [0, 0.05) is 29.8 Å². The fourth-order valence-corrected chi connectivity index (χ4v) is 2.35. The molecule has 0 bridgehead atoms. The Kier molecular flexibility index (Phi) is 6.61. The summed E-state index contributed by atoms with van der Waals surface area (Å²) in [5.74, 6) is 3.52. The number of ether oxygens (including phenoxy) is 2. The van der Waals surface area contributed by atoms with Gasteiger partial charge in [-0.15, -0.1) is 18.8 Å². The van der Waals surface area contributed by atoms with E-state index in [0.29, 0.717) is 35.7 Å². The number of aromatic nitrogens is 2. The maximum Gasteiger partial charge on any atom is 0.163 e. The molecule has 0 radical (unpaired) electrons. The minimum Gasteiger partial charge on any atom is -0.504 e. The number of phenolic OH excluding ortho intramolecular Hbond substituents is 1. The molecule has 1 heterocycles. The first kappa shape index (κ1) is 19.3. The summed E-state index contributed by atoms with van der Waals surface area (Å²) in [6.45, 7) is 0.768. The van der Waals surface area contributed by atoms with Gasteiger partial charge in [0.05, 0.1) is 12.1 Å². The molecule has 0 aliphatic rings. The lowest BCUT2D eigenvalue weighted by molar-refractivity contribution is 0.144. The summed E-state index contributed by atoms with van der Waals surface area (Å²) in [4.78, 5) is 8.50. The van der Waals surface area contributed by atoms with E-state index < -0.39 is 0 Å². The maximum absolute atomic E-state index is 10.2. The summed E-state index contributed by atoms with van der Waals surface area (Å²) < 4.78 is 10.4. The smallest absolute Gasteiger partial charge is 0.163 e. The van der Waals surface area contributed by atoms with Gasteiger partial charge in [-0.3, -0.25) is 0 Å². The second-order valence-corrected chi connectivity index (χ2v) is 5.25. The fourth-order valence-electron chi connectivity index (χ4n) is 2.35. The van der Waals surface area contributed by atoms with Crippen molar-refractivity contribution in [2.24, 2.45) is 0 Å². The molecule has 0 unspecified atom stereocenters. The number of methoxy groups -OCH3 is 1. The molecule has 2 N–H and O–H groups in total. The van der Waals surface area contributed by atoms with Gasteiger partial charge in [-0.25, -0.2) is 9.97 Å². The highest BCUT2D eigenvalue weighted by Gasteiger charge is 2.10. The molecule has 3 aromatic rings. The van der Waals surface area contributed by atoms with Gasteiger partial charge in [-0.05, 0) is 24.3 Å². The number of benzene rings is 2. The molecule has 7 heteroatoms. The first-order valence-corrected chi connectivity index (χ1v) is 7.64. The van der Waals surface area contributed by atoms with Crippen molar-refractivity contribution in [2.45, 2.75) is 0 Å². The van der Waals surface area contributed by atoms with E-state index in [4.69, 9.17) is 15.9 Å². The molecule has 26 heavy (non-hydrogen) atoms. The van der Waals surface area contributed by atoms with Crippen LogP contribution < -0.4 is 10.1 Å². The molecule has 0 fully saturated rings. The van der Waals surface area contributed by atoms with Crippen LogP contribution in [0.25, 0.3) is 10.9 Å². The molecule has 0 saturated heterocycles. The molecular formula is C19H18ClN3O3. The van der Waals surface area contributed by atoms with Crippen LogP contribution in [-0.4, -0.2) is 35.4 Å². The average Bonchev–Trinajstić information content (AvgIpc) is 2.63. The lowest BCUT2D eigenvalue weighted by Gasteiger charge is -2.12. The van der Waals surface area contributed by atoms with Gasteiger partial charge in [-0.1, -0.05) is 12.0 Å². The van der Waals surface area contributed by atoms with Crippen molar-refractivity contribution < 1.29 is 14.6 Å². The molecule has 0 spiro atoms. The first-order valence-electron chi connectivity index (χ1n) is 7.64. The fraction of sp³-hybridized carbons (Fsp3) is 0.158. The van der Waals surface area contributed by atoms with Crippen molar-refractivity contribution in [3.63, 3.8) is 0 Å². The molecule has 2 aromatic carbocycles. The van der Waals surface area contributed by atoms with Crippen LogP contribution in [0.4, 0.5) is 11.5 Å². The summed E-state index contributed by atoms with van der Waals surface area (Å²) >= 11 is 0. The molecule has 0 aliphatic carbocycles. The number of hydrogen-bond acceptors (Lipinski definition) is 6. The third-order valence-electron chi connectivity index (χ3n) is 3.55. The van der Waals surface area contributed by atoms with Gasteiger partial charge in [0.2, 0.25) is 0 Å². The Labute approximate surface area is 157 Å². The zero-order chi connectivity index (χ0) is 17.6. The number of nitrogens with one attached hydrogen (secondary N) is 1. The molecular weight excluding hydrogens is 354 g/mol. The van der Waals surface area contributed by atoms with Crippen LogP contribution >= 0.6 is 12.4 Å². The van der Waals surface area contributed by atoms with Crippen LogP contribution in [0, 0.1) is 12.3 Å². The molecule has 1 aromatic heterocycles. The molecule has 3 rings (SSSR count). The largest absolute Gasteiger partial charge is 0.504 e. The van der Waals surface area contributed by atoms with Crippen LogP contribution in [0.15, 0.2) is 42.7 Å². The minimum atomic E-state index is 0. The topological polar surface area (TPSA) is 76.5 Å². The van der Waals surface area contributed by atoms with E-state index in [2.05, 4.69) is 21.2 Å². The molecule has 0 amide bonds. The molecule has 6 nitrogen and oxygen atoms in total. The number of hydrogen-bond donors (Lipinski definition) is 2. The van der Waals surface area contributed by atoms with E-state index in [1.165, 1.54) is 6.33 Å². The number of fused-ring (bicyclic) bond motifs is 1. The predicted octanol–water partition coefficient (Wildman–Crippen LogP) is 3.51. The molecule has 0 atom stereocenters. The normalized spacial score (nSPS) is 10.0. The number of rotatable bonds is 6. The van der Waals surface area contributed by atoms with E-state index in [1.807, 2.05) is 24.3 Å². The van der Waals surface area contributed by atoms with Crippen LogP contribution in [0.1, 0.15) is 5.56 Å². The Bertz CT molecular complexity index is 941. The maximum atomic E-state index is 10.2. The number of phenols is 1. The Balaban J connectivity index is 0.00000243. The highest BCUT2D eigenvalue weighted by Crippen LogP contribution is 2.33. The van der Waals surface area contributed by atoms with Crippen LogP contribution in [0.5, 0.6) is 11.5 Å². The van der Waals surface area contributed by atoms with E-state index in [-0.39, 0.29) is 18.2 Å². The number of nitrogens with zero attached hydrogens (tertiary/aromatic N) is 2. The van der Waals surface area contributed by atoms with Gasteiger partial charge in [-0.2, -0.15) is 0 Å². The van der Waals surface area contributed by atoms with E-state index >= 15 is 0 Å². The third-order valence-corrected chi connectivity index (χ3v) is 3.55. The lowest BCUT2D eigenvalue weighted by atomic mass is 10.2. The zero-order valence-corrected chi connectivity index (χ0v) is 14.9. The Morgan fingerprint density at radius 3 is 2.81 bits per heavy atom. The Morgan fingerprint density at radius 1 is 1.19 bits per heavy atom. The molecule has 134 valence electrons. The zero-order valence-electron chi connectivity index (χ0n) is 14.1. The third kappa shape index (κ3) is 4.33. The van der Waals surface area contributed by atoms with Crippen molar-refractivity contribution in [1.29, 1.82) is 0 Å². The van der Waals surface area contributed by atoms with Crippen molar-refractivity contribution in [3.8, 4) is 23.8 Å². The van der Waals surface area contributed by atoms with Crippen LogP contribution in [0.3, 0.4) is 0 Å². The van der Waals surface area contributed by atoms with Gasteiger partial charge < -0.3 is 19.9 Å². The van der Waals surface area contributed by atoms with Gasteiger partial charge >= 0.3 is 0 Å².